The first-order valence-corrected chi connectivity index (χ1v) is 6.13. The number of hydrogen-bond donors (Lipinski definition) is 1. The predicted octanol–water partition coefficient (Wildman–Crippen LogP) is 3.15. The van der Waals surface area contributed by atoms with E-state index in [0.29, 0.717) is 6.04 Å². The van der Waals surface area contributed by atoms with Crippen LogP contribution in [-0.2, 0) is 0 Å². The topological polar surface area (TPSA) is 21.3 Å². The van der Waals surface area contributed by atoms with Gasteiger partial charge in [0.25, 0.3) is 0 Å². The van der Waals surface area contributed by atoms with Crippen LogP contribution < -0.4 is 10.1 Å². The van der Waals surface area contributed by atoms with Crippen LogP contribution in [0.25, 0.3) is 0 Å². The third-order valence-corrected chi connectivity index (χ3v) is 2.95. The molecule has 1 atom stereocenters. The molecule has 0 aliphatic heterocycles. The first kappa shape index (κ1) is 13.0. The van der Waals surface area contributed by atoms with Gasteiger partial charge in [0.1, 0.15) is 5.75 Å². The lowest BCUT2D eigenvalue weighted by atomic mass is 10.1. The van der Waals surface area contributed by atoms with Crippen molar-refractivity contribution in [2.75, 3.05) is 13.7 Å². The highest BCUT2D eigenvalue weighted by Gasteiger charge is 2.02. The summed E-state index contributed by atoms with van der Waals surface area (Å²) in [6.45, 7) is 5.10. The molecule has 16 heavy (non-hydrogen) atoms. The third kappa shape index (κ3) is 4.23. The zero-order valence-electron chi connectivity index (χ0n) is 10.6. The van der Waals surface area contributed by atoms with E-state index in [0.717, 1.165) is 18.8 Å². The SMILES string of the molecule is CCC(CCCOc1ccccc1C)NC. The van der Waals surface area contributed by atoms with Crippen molar-refractivity contribution in [1.29, 1.82) is 0 Å². The molecule has 0 saturated heterocycles. The summed E-state index contributed by atoms with van der Waals surface area (Å²) in [5.74, 6) is 1.01. The molecule has 1 rings (SSSR count). The maximum Gasteiger partial charge on any atom is 0.122 e. The molecule has 0 bridgehead atoms. The molecule has 0 saturated carbocycles. The van der Waals surface area contributed by atoms with Gasteiger partial charge in [-0.05, 0) is 44.9 Å². The van der Waals surface area contributed by atoms with Gasteiger partial charge >= 0.3 is 0 Å². The molecular weight excluding hydrogens is 198 g/mol. The second kappa shape index (κ2) is 7.29. The van der Waals surface area contributed by atoms with Crippen LogP contribution in [0.4, 0.5) is 0 Å². The third-order valence-electron chi connectivity index (χ3n) is 2.95. The van der Waals surface area contributed by atoms with Crippen molar-refractivity contribution >= 4 is 0 Å². The molecule has 1 aromatic rings. The van der Waals surface area contributed by atoms with E-state index < -0.39 is 0 Å². The number of ether oxygens (including phenoxy) is 1. The van der Waals surface area contributed by atoms with E-state index in [1.54, 1.807) is 0 Å². The number of para-hydroxylation sites is 1. The average molecular weight is 221 g/mol. The van der Waals surface area contributed by atoms with E-state index in [4.69, 9.17) is 4.74 Å². The molecule has 0 spiro atoms. The van der Waals surface area contributed by atoms with Crippen LogP contribution >= 0.6 is 0 Å². The van der Waals surface area contributed by atoms with E-state index >= 15 is 0 Å². The molecule has 1 N–H and O–H groups in total. The highest BCUT2D eigenvalue weighted by Crippen LogP contribution is 2.16. The van der Waals surface area contributed by atoms with Crippen LogP contribution in [0.5, 0.6) is 5.75 Å². The van der Waals surface area contributed by atoms with Crippen LogP contribution in [0.3, 0.4) is 0 Å². The summed E-state index contributed by atoms with van der Waals surface area (Å²) >= 11 is 0. The monoisotopic (exact) mass is 221 g/mol. The second-order valence-electron chi connectivity index (χ2n) is 4.15. The maximum atomic E-state index is 5.75. The molecule has 2 nitrogen and oxygen atoms in total. The van der Waals surface area contributed by atoms with Crippen molar-refractivity contribution in [3.8, 4) is 5.75 Å². The highest BCUT2D eigenvalue weighted by molar-refractivity contribution is 5.31. The van der Waals surface area contributed by atoms with Crippen molar-refractivity contribution in [1.82, 2.24) is 5.32 Å². The van der Waals surface area contributed by atoms with Crippen LogP contribution in [0, 0.1) is 6.92 Å². The fourth-order valence-electron chi connectivity index (χ4n) is 1.78. The van der Waals surface area contributed by atoms with Crippen LogP contribution in [0.2, 0.25) is 0 Å². The van der Waals surface area contributed by atoms with Gasteiger partial charge in [0.2, 0.25) is 0 Å². The van der Waals surface area contributed by atoms with Gasteiger partial charge in [0.15, 0.2) is 0 Å². The fourth-order valence-corrected chi connectivity index (χ4v) is 1.78. The number of nitrogens with one attached hydrogen (secondary N) is 1. The van der Waals surface area contributed by atoms with Crippen molar-refractivity contribution < 1.29 is 4.74 Å². The summed E-state index contributed by atoms with van der Waals surface area (Å²) in [5, 5.41) is 3.31. The lowest BCUT2D eigenvalue weighted by molar-refractivity contribution is 0.294. The van der Waals surface area contributed by atoms with Gasteiger partial charge in [0, 0.05) is 6.04 Å². The Balaban J connectivity index is 2.23. The molecular formula is C14H23NO. The lowest BCUT2D eigenvalue weighted by Crippen LogP contribution is -2.24. The summed E-state index contributed by atoms with van der Waals surface area (Å²) in [4.78, 5) is 0. The first-order valence-electron chi connectivity index (χ1n) is 6.13. The zero-order chi connectivity index (χ0) is 11.8. The van der Waals surface area contributed by atoms with Gasteiger partial charge in [-0.1, -0.05) is 25.1 Å². The number of benzene rings is 1. The fraction of sp³-hybridized carbons (Fsp3) is 0.571. The number of aryl methyl sites for hydroxylation is 1. The Morgan fingerprint density at radius 1 is 1.31 bits per heavy atom. The normalized spacial score (nSPS) is 12.4. The molecule has 90 valence electrons. The Morgan fingerprint density at radius 2 is 2.06 bits per heavy atom. The smallest absolute Gasteiger partial charge is 0.122 e. The molecule has 1 aromatic carbocycles. The van der Waals surface area contributed by atoms with Crippen LogP contribution in [0.15, 0.2) is 24.3 Å². The van der Waals surface area contributed by atoms with E-state index in [-0.39, 0.29) is 0 Å². The van der Waals surface area contributed by atoms with Gasteiger partial charge in [0.05, 0.1) is 6.61 Å². The lowest BCUT2D eigenvalue weighted by Gasteiger charge is -2.14. The van der Waals surface area contributed by atoms with Crippen molar-refractivity contribution in [2.45, 2.75) is 39.2 Å². The summed E-state index contributed by atoms with van der Waals surface area (Å²) in [5.41, 5.74) is 1.21. The van der Waals surface area contributed by atoms with Crippen LogP contribution in [0.1, 0.15) is 31.7 Å². The van der Waals surface area contributed by atoms with Gasteiger partial charge in [-0.15, -0.1) is 0 Å². The summed E-state index contributed by atoms with van der Waals surface area (Å²) in [7, 11) is 2.02. The predicted molar refractivity (Wildman–Crippen MR) is 69.0 cm³/mol. The Morgan fingerprint density at radius 3 is 2.69 bits per heavy atom. The van der Waals surface area contributed by atoms with Gasteiger partial charge in [-0.2, -0.15) is 0 Å². The van der Waals surface area contributed by atoms with Gasteiger partial charge < -0.3 is 10.1 Å². The quantitative estimate of drug-likeness (QED) is 0.714. The van der Waals surface area contributed by atoms with E-state index in [1.807, 2.05) is 25.2 Å². The zero-order valence-corrected chi connectivity index (χ0v) is 10.6. The minimum atomic E-state index is 0.625. The molecule has 0 heterocycles. The summed E-state index contributed by atoms with van der Waals surface area (Å²) < 4.78 is 5.75. The van der Waals surface area contributed by atoms with E-state index in [9.17, 15) is 0 Å². The van der Waals surface area contributed by atoms with Gasteiger partial charge in [-0.25, -0.2) is 0 Å². The van der Waals surface area contributed by atoms with E-state index in [1.165, 1.54) is 18.4 Å². The van der Waals surface area contributed by atoms with Crippen molar-refractivity contribution in [3.63, 3.8) is 0 Å². The van der Waals surface area contributed by atoms with Gasteiger partial charge in [-0.3, -0.25) is 0 Å². The first-order chi connectivity index (χ1) is 7.77. The van der Waals surface area contributed by atoms with Crippen LogP contribution in [-0.4, -0.2) is 19.7 Å². The molecule has 0 amide bonds. The van der Waals surface area contributed by atoms with Crippen molar-refractivity contribution in [2.24, 2.45) is 0 Å². The number of hydrogen-bond acceptors (Lipinski definition) is 2. The maximum absolute atomic E-state index is 5.75. The minimum absolute atomic E-state index is 0.625. The molecule has 0 aromatic heterocycles. The minimum Gasteiger partial charge on any atom is -0.493 e. The summed E-state index contributed by atoms with van der Waals surface area (Å²) in [6, 6.07) is 8.80. The molecule has 1 unspecified atom stereocenters. The van der Waals surface area contributed by atoms with Crippen molar-refractivity contribution in [3.05, 3.63) is 29.8 Å². The van der Waals surface area contributed by atoms with E-state index in [2.05, 4.69) is 25.2 Å². The Hall–Kier alpha value is -1.02. The molecule has 0 aliphatic rings. The summed E-state index contributed by atoms with van der Waals surface area (Å²) in [6.07, 6.45) is 3.47. The molecule has 0 fully saturated rings. The highest BCUT2D eigenvalue weighted by atomic mass is 16.5. The Labute approximate surface area is 99.0 Å². The molecule has 0 aliphatic carbocycles. The second-order valence-corrected chi connectivity index (χ2v) is 4.15. The largest absolute Gasteiger partial charge is 0.493 e. The molecule has 2 heteroatoms. The Bertz CT molecular complexity index is 295. The standard InChI is InChI=1S/C14H23NO/c1-4-13(15-3)9-7-11-16-14-10-6-5-8-12(14)2/h5-6,8,10,13,15H,4,7,9,11H2,1-3H3. The number of rotatable bonds is 7. The molecule has 0 radical (unpaired) electrons. The average Bonchev–Trinajstić information content (AvgIpc) is 2.31. The Kier molecular flexibility index (Phi) is 5.94.